The van der Waals surface area contributed by atoms with Crippen molar-refractivity contribution >= 4 is 15.9 Å². The van der Waals surface area contributed by atoms with Crippen LogP contribution in [0.3, 0.4) is 0 Å². The maximum absolute atomic E-state index is 5.44. The zero-order valence-electron chi connectivity index (χ0n) is 13.1. The van der Waals surface area contributed by atoms with Gasteiger partial charge in [-0.15, -0.1) is 0 Å². The van der Waals surface area contributed by atoms with Crippen molar-refractivity contribution in [3.05, 3.63) is 0 Å². The predicted octanol–water partition coefficient (Wildman–Crippen LogP) is 6.49. The number of hydrogen-bond acceptors (Lipinski definition) is 1. The Morgan fingerprint density at radius 2 is 1.00 bits per heavy atom. The third-order valence-corrected chi connectivity index (χ3v) is 3.94. The Bertz CT molecular complexity index is 134. The minimum absolute atomic E-state index is 0.859. The van der Waals surface area contributed by atoms with E-state index in [4.69, 9.17) is 4.74 Å². The summed E-state index contributed by atoms with van der Waals surface area (Å²) in [5.41, 5.74) is 0. The lowest BCUT2D eigenvalue weighted by molar-refractivity contribution is 0.146. The molecule has 0 aliphatic heterocycles. The summed E-state index contributed by atoms with van der Waals surface area (Å²) in [5.74, 6) is 0. The third-order valence-electron chi connectivity index (χ3n) is 3.61. The first-order valence-corrected chi connectivity index (χ1v) is 9.67. The van der Waals surface area contributed by atoms with Crippen molar-refractivity contribution in [2.45, 2.75) is 90.4 Å². The molecule has 1 nitrogen and oxygen atoms in total. The van der Waals surface area contributed by atoms with E-state index in [1.54, 1.807) is 0 Å². The molecule has 0 aromatic rings. The summed E-state index contributed by atoms with van der Waals surface area (Å²) in [7, 11) is 0. The molecule has 0 aliphatic rings. The molecule has 0 aliphatic carbocycles. The zero-order chi connectivity index (χ0) is 14.0. The van der Waals surface area contributed by atoms with Gasteiger partial charge < -0.3 is 4.74 Å². The molecule has 0 aromatic carbocycles. The quantitative estimate of drug-likeness (QED) is 0.231. The monoisotopic (exact) mass is 334 g/mol. The molecular formula is C17H35BrO. The van der Waals surface area contributed by atoms with Crippen LogP contribution in [0.5, 0.6) is 0 Å². The SMILES string of the molecule is CCCCCCCCCCCCCCCOCCBr. The smallest absolute Gasteiger partial charge is 0.0563 e. The highest BCUT2D eigenvalue weighted by Crippen LogP contribution is 2.12. The number of unbranched alkanes of at least 4 members (excludes halogenated alkanes) is 12. The number of alkyl halides is 1. The Balaban J connectivity index is 2.88. The molecule has 0 radical (unpaired) electrons. The lowest BCUT2D eigenvalue weighted by atomic mass is 10.0. The van der Waals surface area contributed by atoms with E-state index < -0.39 is 0 Å². The molecule has 0 fully saturated rings. The van der Waals surface area contributed by atoms with Gasteiger partial charge in [0.15, 0.2) is 0 Å². The fourth-order valence-electron chi connectivity index (χ4n) is 2.38. The first kappa shape index (κ1) is 19.4. The van der Waals surface area contributed by atoms with Gasteiger partial charge >= 0.3 is 0 Å². The molecule has 19 heavy (non-hydrogen) atoms. The minimum Gasteiger partial charge on any atom is -0.381 e. The molecule has 2 heteroatoms. The second-order valence-electron chi connectivity index (χ2n) is 5.54. The Kier molecular flexibility index (Phi) is 18.9. The molecule has 0 saturated heterocycles. The highest BCUT2D eigenvalue weighted by molar-refractivity contribution is 9.09. The average molecular weight is 335 g/mol. The molecule has 0 spiro atoms. The highest BCUT2D eigenvalue weighted by atomic mass is 79.9. The minimum atomic E-state index is 0.859. The van der Waals surface area contributed by atoms with Crippen LogP contribution in [0, 0.1) is 0 Å². The van der Waals surface area contributed by atoms with Gasteiger partial charge in [-0.25, -0.2) is 0 Å². The fourth-order valence-corrected chi connectivity index (χ4v) is 2.61. The van der Waals surface area contributed by atoms with E-state index in [0.29, 0.717) is 0 Å². The van der Waals surface area contributed by atoms with Crippen molar-refractivity contribution in [3.8, 4) is 0 Å². The van der Waals surface area contributed by atoms with E-state index in [-0.39, 0.29) is 0 Å². The fraction of sp³-hybridized carbons (Fsp3) is 1.00. The summed E-state index contributed by atoms with van der Waals surface area (Å²) in [4.78, 5) is 0. The standard InChI is InChI=1S/C17H35BrO/c1-2-3-4-5-6-7-8-9-10-11-12-13-14-16-19-17-15-18/h2-17H2,1H3. The second-order valence-corrected chi connectivity index (χ2v) is 6.34. The average Bonchev–Trinajstić information content (AvgIpc) is 2.43. The van der Waals surface area contributed by atoms with Gasteiger partial charge in [-0.1, -0.05) is 99.9 Å². The van der Waals surface area contributed by atoms with Crippen molar-refractivity contribution in [2.24, 2.45) is 0 Å². The van der Waals surface area contributed by atoms with E-state index in [9.17, 15) is 0 Å². The summed E-state index contributed by atoms with van der Waals surface area (Å²) in [6.07, 6.45) is 18.4. The van der Waals surface area contributed by atoms with Crippen LogP contribution in [0.1, 0.15) is 90.4 Å². The maximum Gasteiger partial charge on any atom is 0.0563 e. The first-order valence-electron chi connectivity index (χ1n) is 8.55. The topological polar surface area (TPSA) is 9.23 Å². The van der Waals surface area contributed by atoms with Crippen LogP contribution in [-0.4, -0.2) is 18.5 Å². The normalized spacial score (nSPS) is 11.1. The van der Waals surface area contributed by atoms with E-state index in [1.165, 1.54) is 83.5 Å². The molecule has 0 rings (SSSR count). The van der Waals surface area contributed by atoms with Crippen molar-refractivity contribution in [2.75, 3.05) is 18.5 Å². The van der Waals surface area contributed by atoms with Gasteiger partial charge in [-0.2, -0.15) is 0 Å². The van der Waals surface area contributed by atoms with Crippen LogP contribution in [0.15, 0.2) is 0 Å². The van der Waals surface area contributed by atoms with E-state index in [2.05, 4.69) is 22.9 Å². The van der Waals surface area contributed by atoms with Gasteiger partial charge in [0.2, 0.25) is 0 Å². The summed E-state index contributed by atoms with van der Waals surface area (Å²) < 4.78 is 5.44. The van der Waals surface area contributed by atoms with Crippen LogP contribution in [-0.2, 0) is 4.74 Å². The largest absolute Gasteiger partial charge is 0.381 e. The van der Waals surface area contributed by atoms with Gasteiger partial charge in [-0.3, -0.25) is 0 Å². The van der Waals surface area contributed by atoms with E-state index >= 15 is 0 Å². The van der Waals surface area contributed by atoms with Crippen LogP contribution in [0.25, 0.3) is 0 Å². The third kappa shape index (κ3) is 18.4. The molecule has 0 saturated carbocycles. The number of rotatable bonds is 16. The molecule has 0 N–H and O–H groups in total. The predicted molar refractivity (Wildman–Crippen MR) is 90.3 cm³/mol. The second kappa shape index (κ2) is 18.4. The summed E-state index contributed by atoms with van der Waals surface area (Å²) in [5, 5.41) is 0.964. The lowest BCUT2D eigenvalue weighted by Gasteiger charge is -2.03. The highest BCUT2D eigenvalue weighted by Gasteiger charge is 1.94. The first-order chi connectivity index (χ1) is 9.41. The van der Waals surface area contributed by atoms with Crippen molar-refractivity contribution in [1.82, 2.24) is 0 Å². The molecular weight excluding hydrogens is 300 g/mol. The van der Waals surface area contributed by atoms with Gasteiger partial charge in [-0.05, 0) is 6.42 Å². The maximum atomic E-state index is 5.44. The van der Waals surface area contributed by atoms with Crippen molar-refractivity contribution in [1.29, 1.82) is 0 Å². The zero-order valence-corrected chi connectivity index (χ0v) is 14.7. The molecule has 0 amide bonds. The van der Waals surface area contributed by atoms with Crippen LogP contribution < -0.4 is 0 Å². The Morgan fingerprint density at radius 1 is 0.579 bits per heavy atom. The molecule has 0 heterocycles. The lowest BCUT2D eigenvalue weighted by Crippen LogP contribution is -1.97. The number of hydrogen-bond donors (Lipinski definition) is 0. The molecule has 0 atom stereocenters. The summed E-state index contributed by atoms with van der Waals surface area (Å²) >= 11 is 3.37. The number of ether oxygens (including phenoxy) is 1. The summed E-state index contributed by atoms with van der Waals surface area (Å²) in [6, 6.07) is 0. The summed E-state index contributed by atoms with van der Waals surface area (Å²) in [6.45, 7) is 4.09. The number of halogens is 1. The molecule has 0 bridgehead atoms. The van der Waals surface area contributed by atoms with Crippen LogP contribution >= 0.6 is 15.9 Å². The van der Waals surface area contributed by atoms with Gasteiger partial charge in [0.25, 0.3) is 0 Å². The van der Waals surface area contributed by atoms with Gasteiger partial charge in [0, 0.05) is 11.9 Å². The van der Waals surface area contributed by atoms with Gasteiger partial charge in [0.1, 0.15) is 0 Å². The van der Waals surface area contributed by atoms with Crippen LogP contribution in [0.2, 0.25) is 0 Å². The van der Waals surface area contributed by atoms with Crippen molar-refractivity contribution < 1.29 is 4.74 Å². The van der Waals surface area contributed by atoms with Crippen molar-refractivity contribution in [3.63, 3.8) is 0 Å². The Labute approximate surface area is 130 Å². The Morgan fingerprint density at radius 3 is 1.42 bits per heavy atom. The van der Waals surface area contributed by atoms with Crippen LogP contribution in [0.4, 0.5) is 0 Å². The Hall–Kier alpha value is 0.440. The molecule has 116 valence electrons. The molecule has 0 unspecified atom stereocenters. The van der Waals surface area contributed by atoms with Gasteiger partial charge in [0.05, 0.1) is 6.61 Å². The van der Waals surface area contributed by atoms with E-state index in [1.807, 2.05) is 0 Å². The molecule has 0 aromatic heterocycles. The van der Waals surface area contributed by atoms with E-state index in [0.717, 1.165) is 18.5 Å².